The number of rotatable bonds is 9. The van der Waals surface area contributed by atoms with Crippen LogP contribution in [0.5, 0.6) is 5.75 Å². The molecular weight excluding hydrogens is 435 g/mol. The first-order valence-electron chi connectivity index (χ1n) is 11.3. The van der Waals surface area contributed by atoms with Crippen LogP contribution in [0.4, 0.5) is 4.39 Å². The van der Waals surface area contributed by atoms with Crippen LogP contribution in [0.2, 0.25) is 0 Å². The summed E-state index contributed by atoms with van der Waals surface area (Å²) in [6.45, 7) is 4.33. The van der Waals surface area contributed by atoms with Gasteiger partial charge in [0.1, 0.15) is 18.2 Å². The smallest absolute Gasteiger partial charge is 0.260 e. The average Bonchev–Trinajstić information content (AvgIpc) is 3.45. The normalized spacial score (nSPS) is 17.8. The third kappa shape index (κ3) is 4.54. The van der Waals surface area contributed by atoms with Gasteiger partial charge in [-0.1, -0.05) is 30.6 Å². The maximum absolute atomic E-state index is 13.5. The second-order valence-corrected chi connectivity index (χ2v) is 8.18. The van der Waals surface area contributed by atoms with Gasteiger partial charge in [0.25, 0.3) is 5.72 Å². The predicted molar refractivity (Wildman–Crippen MR) is 129 cm³/mol. The van der Waals surface area contributed by atoms with Gasteiger partial charge in [0, 0.05) is 18.3 Å². The van der Waals surface area contributed by atoms with Crippen molar-refractivity contribution in [3.8, 4) is 11.4 Å². The summed E-state index contributed by atoms with van der Waals surface area (Å²) in [5, 5.41) is 14.6. The number of aryl methyl sites for hydroxylation is 1. The van der Waals surface area contributed by atoms with Crippen molar-refractivity contribution in [3.63, 3.8) is 0 Å². The molecule has 0 aliphatic carbocycles. The van der Waals surface area contributed by atoms with Gasteiger partial charge < -0.3 is 24.1 Å². The number of aromatic nitrogens is 2. The highest BCUT2D eigenvalue weighted by Crippen LogP contribution is 2.36. The van der Waals surface area contributed by atoms with Crippen LogP contribution in [0.25, 0.3) is 11.8 Å². The number of hydrogen-bond donors (Lipinski definition) is 1. The minimum absolute atomic E-state index is 0.323. The van der Waals surface area contributed by atoms with Crippen molar-refractivity contribution in [2.24, 2.45) is 5.16 Å². The summed E-state index contributed by atoms with van der Waals surface area (Å²) in [5.41, 5.74) is 2.18. The molecule has 1 aromatic heterocycles. The van der Waals surface area contributed by atoms with Crippen molar-refractivity contribution in [2.75, 3.05) is 20.3 Å². The van der Waals surface area contributed by atoms with Gasteiger partial charge >= 0.3 is 0 Å². The van der Waals surface area contributed by atoms with Crippen LogP contribution in [-0.4, -0.2) is 45.7 Å². The number of oxime groups is 1. The number of amidine groups is 1. The largest absolute Gasteiger partial charge is 0.495 e. The quantitative estimate of drug-likeness (QED) is 0.500. The van der Waals surface area contributed by atoms with E-state index in [9.17, 15) is 9.50 Å². The Kier molecular flexibility index (Phi) is 6.98. The Balaban J connectivity index is 1.62. The van der Waals surface area contributed by atoms with E-state index in [0.29, 0.717) is 23.7 Å². The zero-order valence-corrected chi connectivity index (χ0v) is 19.6. The maximum Gasteiger partial charge on any atom is 0.260 e. The molecule has 0 fully saturated rings. The monoisotopic (exact) mass is 464 g/mol. The number of ether oxygens (including phenoxy) is 1. The molecule has 1 unspecified atom stereocenters. The number of methoxy groups -OCH3 is 1. The maximum atomic E-state index is 13.5. The van der Waals surface area contributed by atoms with E-state index >= 15 is 0 Å². The van der Waals surface area contributed by atoms with Crippen LogP contribution in [0, 0.1) is 12.7 Å². The number of benzene rings is 2. The molecule has 0 radical (unpaired) electrons. The molecule has 34 heavy (non-hydrogen) atoms. The summed E-state index contributed by atoms with van der Waals surface area (Å²) in [5.74, 6) is 0.947. The summed E-state index contributed by atoms with van der Waals surface area (Å²) in [4.78, 5) is 12.0. The lowest BCUT2D eigenvalue weighted by atomic mass is 10.0. The van der Waals surface area contributed by atoms with Crippen molar-refractivity contribution >= 4 is 11.9 Å². The summed E-state index contributed by atoms with van der Waals surface area (Å²) in [6, 6.07) is 11.8. The van der Waals surface area contributed by atoms with E-state index in [1.54, 1.807) is 25.6 Å². The molecule has 8 heteroatoms. The number of imidazole rings is 1. The molecule has 0 saturated carbocycles. The first-order chi connectivity index (χ1) is 16.5. The third-order valence-corrected chi connectivity index (χ3v) is 5.87. The molecule has 7 nitrogen and oxygen atoms in total. The van der Waals surface area contributed by atoms with E-state index in [1.807, 2.05) is 52.9 Å². The number of nitrogens with zero attached hydrogens (tertiary/aromatic N) is 4. The van der Waals surface area contributed by atoms with Crippen LogP contribution in [0.1, 0.15) is 36.6 Å². The lowest BCUT2D eigenvalue weighted by Crippen LogP contribution is -2.49. The topological polar surface area (TPSA) is 72.1 Å². The summed E-state index contributed by atoms with van der Waals surface area (Å²) in [6.07, 6.45) is 9.31. The number of unbranched alkanes of at least 4 members (excludes halogenated alkanes) is 1. The molecule has 2 aromatic carbocycles. The van der Waals surface area contributed by atoms with Gasteiger partial charge in [0.15, 0.2) is 5.84 Å². The van der Waals surface area contributed by atoms with Gasteiger partial charge in [-0.25, -0.2) is 9.37 Å². The molecule has 178 valence electrons. The fourth-order valence-electron chi connectivity index (χ4n) is 4.00. The van der Waals surface area contributed by atoms with Crippen LogP contribution >= 0.6 is 0 Å². The SMILES string of the molecule is CCCCN1C(C=Cc2ccc(-n3cnc(C)c3)c(OC)c2)=NOC1(CO)c1ccc(F)cc1. The van der Waals surface area contributed by atoms with Crippen molar-refractivity contribution in [1.29, 1.82) is 0 Å². The number of aliphatic hydroxyl groups excluding tert-OH is 1. The summed E-state index contributed by atoms with van der Waals surface area (Å²) >= 11 is 0. The van der Waals surface area contributed by atoms with Gasteiger partial charge in [-0.15, -0.1) is 0 Å². The third-order valence-electron chi connectivity index (χ3n) is 5.87. The molecule has 1 aliphatic rings. The van der Waals surface area contributed by atoms with Crippen LogP contribution < -0.4 is 4.74 Å². The fourth-order valence-corrected chi connectivity index (χ4v) is 4.00. The molecule has 0 saturated heterocycles. The van der Waals surface area contributed by atoms with Crippen molar-refractivity contribution in [2.45, 2.75) is 32.4 Å². The van der Waals surface area contributed by atoms with E-state index < -0.39 is 5.72 Å². The Morgan fingerprint density at radius 2 is 1.97 bits per heavy atom. The van der Waals surface area contributed by atoms with Crippen molar-refractivity contribution in [1.82, 2.24) is 14.5 Å². The number of aliphatic hydroxyl groups is 1. The lowest BCUT2D eigenvalue weighted by Gasteiger charge is -2.35. The Labute approximate surface area is 198 Å². The Hall–Kier alpha value is -3.65. The van der Waals surface area contributed by atoms with Crippen LogP contribution in [-0.2, 0) is 10.6 Å². The van der Waals surface area contributed by atoms with E-state index in [4.69, 9.17) is 9.57 Å². The van der Waals surface area contributed by atoms with Gasteiger partial charge in [-0.05, 0) is 61.4 Å². The molecule has 0 bridgehead atoms. The Bertz CT molecular complexity index is 1190. The Morgan fingerprint density at radius 1 is 1.18 bits per heavy atom. The molecule has 1 atom stereocenters. The number of hydrogen-bond acceptors (Lipinski definition) is 6. The second-order valence-electron chi connectivity index (χ2n) is 8.18. The van der Waals surface area contributed by atoms with E-state index in [2.05, 4.69) is 17.1 Å². The fraction of sp³-hybridized carbons (Fsp3) is 0.308. The van der Waals surface area contributed by atoms with Gasteiger partial charge in [-0.2, -0.15) is 0 Å². The van der Waals surface area contributed by atoms with E-state index in [1.165, 1.54) is 12.1 Å². The average molecular weight is 465 g/mol. The lowest BCUT2D eigenvalue weighted by molar-refractivity contribution is -0.136. The molecule has 0 spiro atoms. The van der Waals surface area contributed by atoms with Crippen LogP contribution in [0.3, 0.4) is 0 Å². The Morgan fingerprint density at radius 3 is 2.62 bits per heavy atom. The predicted octanol–water partition coefficient (Wildman–Crippen LogP) is 4.63. The van der Waals surface area contributed by atoms with Gasteiger partial charge in [0.2, 0.25) is 0 Å². The molecule has 1 N–H and O–H groups in total. The van der Waals surface area contributed by atoms with Crippen molar-refractivity contribution < 1.29 is 19.1 Å². The highest BCUT2D eigenvalue weighted by Gasteiger charge is 2.46. The second kappa shape index (κ2) is 10.1. The van der Waals surface area contributed by atoms with E-state index in [-0.39, 0.29) is 12.4 Å². The first kappa shape index (κ1) is 23.5. The molecule has 1 aliphatic heterocycles. The standard InChI is InChI=1S/C26H29FN4O3/c1-4-5-14-31-25(29-34-26(31,17-32)21-8-10-22(27)11-9-21)13-7-20-6-12-23(24(15-20)33-3)30-16-19(2)28-18-30/h6-13,15-16,18,32H,4-5,14,17H2,1-3H3. The number of halogens is 1. The molecular formula is C26H29FN4O3. The summed E-state index contributed by atoms with van der Waals surface area (Å²) < 4.78 is 21.0. The zero-order valence-electron chi connectivity index (χ0n) is 19.6. The molecule has 2 heterocycles. The van der Waals surface area contributed by atoms with E-state index in [0.717, 1.165) is 29.8 Å². The molecule has 0 amide bonds. The van der Waals surface area contributed by atoms with Crippen molar-refractivity contribution in [3.05, 3.63) is 83.7 Å². The minimum Gasteiger partial charge on any atom is -0.495 e. The molecule has 4 rings (SSSR count). The van der Waals surface area contributed by atoms with Gasteiger partial charge in [-0.3, -0.25) is 0 Å². The molecule has 3 aromatic rings. The minimum atomic E-state index is -1.19. The highest BCUT2D eigenvalue weighted by atomic mass is 19.1. The van der Waals surface area contributed by atoms with Crippen LogP contribution in [0.15, 0.2) is 66.2 Å². The summed E-state index contributed by atoms with van der Waals surface area (Å²) in [7, 11) is 1.63. The first-order valence-corrected chi connectivity index (χ1v) is 11.3. The highest BCUT2D eigenvalue weighted by molar-refractivity contribution is 5.97. The van der Waals surface area contributed by atoms with Gasteiger partial charge in [0.05, 0.1) is 24.8 Å². The zero-order chi connectivity index (χ0) is 24.1.